The van der Waals surface area contributed by atoms with Crippen LogP contribution in [0.15, 0.2) is 47.3 Å². The van der Waals surface area contributed by atoms with Crippen LogP contribution in [0, 0.1) is 13.8 Å². The van der Waals surface area contributed by atoms with Gasteiger partial charge in [-0.25, -0.2) is 4.98 Å². The van der Waals surface area contributed by atoms with E-state index < -0.39 is 8.32 Å². The van der Waals surface area contributed by atoms with Gasteiger partial charge in [0.05, 0.1) is 16.6 Å². The van der Waals surface area contributed by atoms with Crippen LogP contribution in [0.25, 0.3) is 16.6 Å². The lowest BCUT2D eigenvalue weighted by atomic mass is 10.1. The maximum Gasteiger partial charge on any atom is 0.265 e. The Balaban J connectivity index is 2.25. The first-order valence-corrected chi connectivity index (χ1v) is 11.5. The van der Waals surface area contributed by atoms with Crippen LogP contribution in [-0.4, -0.2) is 17.9 Å². The van der Waals surface area contributed by atoms with Crippen molar-refractivity contribution in [2.24, 2.45) is 0 Å². The molecule has 24 heavy (non-hydrogen) atoms. The minimum atomic E-state index is -1.73. The minimum absolute atomic E-state index is 0.0497. The molecular formula is C19H22N2O2Si. The lowest BCUT2D eigenvalue weighted by molar-refractivity contribution is 0.552. The molecule has 0 aliphatic rings. The van der Waals surface area contributed by atoms with Crippen molar-refractivity contribution in [3.05, 3.63) is 64.2 Å². The highest BCUT2D eigenvalue weighted by molar-refractivity contribution is 6.70. The molecule has 0 aliphatic heterocycles. The number of aryl methyl sites for hydroxylation is 1. The third-order valence-electron chi connectivity index (χ3n) is 3.86. The molecule has 0 unspecified atom stereocenters. The van der Waals surface area contributed by atoms with E-state index in [4.69, 9.17) is 4.43 Å². The maximum absolute atomic E-state index is 13.0. The van der Waals surface area contributed by atoms with Gasteiger partial charge in [-0.05, 0) is 57.8 Å². The average molecular weight is 338 g/mol. The molecule has 2 aromatic carbocycles. The van der Waals surface area contributed by atoms with Gasteiger partial charge in [-0.2, -0.15) is 0 Å². The zero-order chi connectivity index (χ0) is 17.5. The normalized spacial score (nSPS) is 11.7. The summed E-state index contributed by atoms with van der Waals surface area (Å²) < 4.78 is 7.84. The molecular weight excluding hydrogens is 316 g/mol. The molecule has 1 heterocycles. The van der Waals surface area contributed by atoms with Gasteiger partial charge in [-0.3, -0.25) is 9.36 Å². The zero-order valence-corrected chi connectivity index (χ0v) is 15.8. The first-order chi connectivity index (χ1) is 11.3. The van der Waals surface area contributed by atoms with Crippen LogP contribution in [0.3, 0.4) is 0 Å². The molecule has 0 saturated heterocycles. The van der Waals surface area contributed by atoms with E-state index in [-0.39, 0.29) is 5.56 Å². The molecule has 0 aliphatic carbocycles. The topological polar surface area (TPSA) is 44.1 Å². The van der Waals surface area contributed by atoms with Gasteiger partial charge in [0.2, 0.25) is 8.32 Å². The number of fused-ring (bicyclic) bond motifs is 1. The van der Waals surface area contributed by atoms with Gasteiger partial charge in [0.1, 0.15) is 11.6 Å². The van der Waals surface area contributed by atoms with Crippen LogP contribution >= 0.6 is 0 Å². The van der Waals surface area contributed by atoms with Crippen LogP contribution in [-0.2, 0) is 0 Å². The molecule has 0 saturated carbocycles. The number of para-hydroxylation sites is 1. The largest absolute Gasteiger partial charge is 0.544 e. The first kappa shape index (κ1) is 16.5. The number of benzene rings is 2. The molecule has 1 aromatic heterocycles. The molecule has 0 atom stereocenters. The van der Waals surface area contributed by atoms with E-state index in [1.54, 1.807) is 4.57 Å². The molecule has 0 fully saturated rings. The van der Waals surface area contributed by atoms with E-state index >= 15 is 0 Å². The third-order valence-corrected chi connectivity index (χ3v) is 4.69. The smallest absolute Gasteiger partial charge is 0.265 e. The van der Waals surface area contributed by atoms with Crippen LogP contribution in [0.4, 0.5) is 0 Å². The Morgan fingerprint density at radius 2 is 1.71 bits per heavy atom. The summed E-state index contributed by atoms with van der Waals surface area (Å²) in [5, 5.41) is 0.624. The predicted octanol–water partition coefficient (Wildman–Crippen LogP) is 4.22. The van der Waals surface area contributed by atoms with Gasteiger partial charge in [-0.15, -0.1) is 0 Å². The average Bonchev–Trinajstić information content (AvgIpc) is 2.49. The predicted molar refractivity (Wildman–Crippen MR) is 101 cm³/mol. The standard InChI is InChI=1S/C19H22N2O2Si/c1-13-17(11-8-12-18(13)23-24(3,4)5)21-14(2)20-16-10-7-6-9-15(16)19(21)22/h6-12H,1-5H3. The summed E-state index contributed by atoms with van der Waals surface area (Å²) in [6.45, 7) is 10.3. The van der Waals surface area contributed by atoms with Crippen molar-refractivity contribution in [1.82, 2.24) is 9.55 Å². The number of hydrogen-bond acceptors (Lipinski definition) is 3. The Bertz CT molecular complexity index is 971. The highest BCUT2D eigenvalue weighted by Crippen LogP contribution is 2.27. The monoisotopic (exact) mass is 338 g/mol. The Kier molecular flexibility index (Phi) is 4.05. The second-order valence-corrected chi connectivity index (χ2v) is 11.4. The van der Waals surface area contributed by atoms with Gasteiger partial charge in [0.15, 0.2) is 0 Å². The van der Waals surface area contributed by atoms with E-state index in [1.807, 2.05) is 56.3 Å². The van der Waals surface area contributed by atoms with Crippen molar-refractivity contribution < 1.29 is 4.43 Å². The van der Waals surface area contributed by atoms with Crippen molar-refractivity contribution in [1.29, 1.82) is 0 Å². The molecule has 0 radical (unpaired) electrons. The summed E-state index contributed by atoms with van der Waals surface area (Å²) in [6, 6.07) is 13.3. The summed E-state index contributed by atoms with van der Waals surface area (Å²) in [5.74, 6) is 1.51. The van der Waals surface area contributed by atoms with Crippen LogP contribution in [0.1, 0.15) is 11.4 Å². The van der Waals surface area contributed by atoms with Gasteiger partial charge in [0, 0.05) is 5.56 Å². The quantitative estimate of drug-likeness (QED) is 0.672. The van der Waals surface area contributed by atoms with Gasteiger partial charge >= 0.3 is 0 Å². The molecule has 0 spiro atoms. The molecule has 0 bridgehead atoms. The third kappa shape index (κ3) is 2.99. The summed E-state index contributed by atoms with van der Waals surface area (Å²) in [7, 11) is -1.73. The van der Waals surface area contributed by atoms with Gasteiger partial charge < -0.3 is 4.43 Å². The summed E-state index contributed by atoms with van der Waals surface area (Å²) in [4.78, 5) is 17.6. The second-order valence-electron chi connectivity index (χ2n) is 6.93. The lowest BCUT2D eigenvalue weighted by Gasteiger charge is -2.22. The fourth-order valence-electron chi connectivity index (χ4n) is 2.81. The summed E-state index contributed by atoms with van der Waals surface area (Å²) >= 11 is 0. The fraction of sp³-hybridized carbons (Fsp3) is 0.263. The molecule has 3 rings (SSSR count). The van der Waals surface area contributed by atoms with Crippen molar-refractivity contribution in [3.8, 4) is 11.4 Å². The summed E-state index contributed by atoms with van der Waals surface area (Å²) in [6.07, 6.45) is 0. The molecule has 3 aromatic rings. The van der Waals surface area contributed by atoms with Crippen LogP contribution in [0.5, 0.6) is 5.75 Å². The lowest BCUT2D eigenvalue weighted by Crippen LogP contribution is -2.30. The van der Waals surface area contributed by atoms with Gasteiger partial charge in [-0.1, -0.05) is 18.2 Å². The Morgan fingerprint density at radius 3 is 2.42 bits per heavy atom. The van der Waals surface area contributed by atoms with E-state index in [0.717, 1.165) is 22.5 Å². The number of rotatable bonds is 3. The second kappa shape index (κ2) is 5.91. The van der Waals surface area contributed by atoms with Crippen LogP contribution < -0.4 is 9.99 Å². The SMILES string of the molecule is Cc1c(O[Si](C)(C)C)cccc1-n1c(C)nc2ccccc2c1=O. The maximum atomic E-state index is 13.0. The molecule has 0 N–H and O–H groups in total. The zero-order valence-electron chi connectivity index (χ0n) is 14.8. The van der Waals surface area contributed by atoms with Gasteiger partial charge in [0.25, 0.3) is 5.56 Å². The molecule has 0 amide bonds. The van der Waals surface area contributed by atoms with E-state index in [9.17, 15) is 4.79 Å². The number of nitrogens with zero attached hydrogens (tertiary/aromatic N) is 2. The minimum Gasteiger partial charge on any atom is -0.544 e. The molecule has 4 nitrogen and oxygen atoms in total. The summed E-state index contributed by atoms with van der Waals surface area (Å²) in [5.41, 5.74) is 2.46. The van der Waals surface area contributed by atoms with E-state index in [0.29, 0.717) is 11.2 Å². The Hall–Kier alpha value is -2.40. The number of hydrogen-bond donors (Lipinski definition) is 0. The fourth-order valence-corrected chi connectivity index (χ4v) is 3.69. The van der Waals surface area contributed by atoms with Crippen molar-refractivity contribution in [2.75, 3.05) is 0 Å². The first-order valence-electron chi connectivity index (χ1n) is 8.05. The Labute approximate surface area is 142 Å². The van der Waals surface area contributed by atoms with Crippen molar-refractivity contribution in [2.45, 2.75) is 33.5 Å². The van der Waals surface area contributed by atoms with Crippen molar-refractivity contribution >= 4 is 19.2 Å². The van der Waals surface area contributed by atoms with Crippen LogP contribution in [0.2, 0.25) is 19.6 Å². The number of aromatic nitrogens is 2. The molecule has 5 heteroatoms. The Morgan fingerprint density at radius 1 is 1.00 bits per heavy atom. The highest BCUT2D eigenvalue weighted by atomic mass is 28.4. The highest BCUT2D eigenvalue weighted by Gasteiger charge is 2.19. The van der Waals surface area contributed by atoms with E-state index in [2.05, 4.69) is 24.6 Å². The van der Waals surface area contributed by atoms with E-state index in [1.165, 1.54) is 0 Å². The molecule has 124 valence electrons. The van der Waals surface area contributed by atoms with Crippen molar-refractivity contribution in [3.63, 3.8) is 0 Å².